The molecule has 6 nitrogen and oxygen atoms in total. The summed E-state index contributed by atoms with van der Waals surface area (Å²) in [6.45, 7) is 17.9. The van der Waals surface area contributed by atoms with Gasteiger partial charge >= 0.3 is 11.9 Å². The number of rotatable bonds is 7. The van der Waals surface area contributed by atoms with Crippen LogP contribution in [-0.2, 0) is 23.9 Å². The lowest BCUT2D eigenvalue weighted by molar-refractivity contribution is -0.154. The van der Waals surface area contributed by atoms with Crippen LogP contribution in [0, 0.1) is 39.9 Å². The van der Waals surface area contributed by atoms with Crippen LogP contribution >= 0.6 is 0 Å². The number of allylic oxidation sites excluding steroid dienone is 1. The molecule has 0 aliphatic heterocycles. The fourth-order valence-corrected chi connectivity index (χ4v) is 8.81. The highest BCUT2D eigenvalue weighted by Gasteiger charge is 2.60. The SMILES string of the molecule is CC(=O)OC(C=C(C)C)C[C@@H](C)C1CC[C@@]2(C)C(C=O)C(OC(C)=O)/C=C3\[C@H](CCCC12C)CCC(O)C3(C)C. The van der Waals surface area contributed by atoms with E-state index in [0.29, 0.717) is 11.8 Å². The summed E-state index contributed by atoms with van der Waals surface area (Å²) in [4.78, 5) is 37.3. The highest BCUT2D eigenvalue weighted by molar-refractivity contribution is 5.68. The van der Waals surface area contributed by atoms with E-state index in [9.17, 15) is 19.5 Å². The standard InChI is InChI=1S/C34H54O6/c1-21(2)17-26(39-23(4)36)18-22(3)27-14-16-34(9)29(20-35)30(40-24(5)37)19-28-25(11-10-15-33(27,34)8)12-13-31(38)32(28,6)7/h17,19-20,22,25-27,29-31,38H,10-16,18H2,1-9H3/b28-19+/t22-,25-,26?,27?,29?,30?,31?,33?,34+/m1/s1. The molecule has 40 heavy (non-hydrogen) atoms. The van der Waals surface area contributed by atoms with E-state index in [-0.39, 0.29) is 28.8 Å². The first-order valence-corrected chi connectivity index (χ1v) is 15.4. The molecule has 0 saturated heterocycles. The predicted octanol–water partition coefficient (Wildman–Crippen LogP) is 6.99. The van der Waals surface area contributed by atoms with E-state index in [1.807, 2.05) is 26.0 Å². The van der Waals surface area contributed by atoms with Crippen LogP contribution in [0.3, 0.4) is 0 Å². The zero-order valence-corrected chi connectivity index (χ0v) is 26.4. The van der Waals surface area contributed by atoms with Crippen LogP contribution in [0.5, 0.6) is 0 Å². The average Bonchev–Trinajstić information content (AvgIpc) is 3.08. The molecule has 2 fully saturated rings. The monoisotopic (exact) mass is 558 g/mol. The largest absolute Gasteiger partial charge is 0.458 e. The van der Waals surface area contributed by atoms with E-state index in [1.54, 1.807) is 0 Å². The number of ether oxygens (including phenoxy) is 2. The van der Waals surface area contributed by atoms with Crippen LogP contribution in [-0.4, -0.2) is 41.6 Å². The number of esters is 2. The molecule has 0 radical (unpaired) electrons. The van der Waals surface area contributed by atoms with Gasteiger partial charge in [0.1, 0.15) is 18.5 Å². The number of fused-ring (bicyclic) bond motifs is 2. The highest BCUT2D eigenvalue weighted by atomic mass is 16.5. The van der Waals surface area contributed by atoms with Crippen LogP contribution in [0.1, 0.15) is 114 Å². The van der Waals surface area contributed by atoms with Crippen LogP contribution in [0.25, 0.3) is 0 Å². The molecule has 0 heterocycles. The molecule has 0 aromatic heterocycles. The zero-order chi connectivity index (χ0) is 30.0. The molecule has 3 aliphatic rings. The van der Waals surface area contributed by atoms with Crippen LogP contribution in [0.4, 0.5) is 0 Å². The molecule has 1 N–H and O–H groups in total. The van der Waals surface area contributed by atoms with Gasteiger partial charge in [-0.2, -0.15) is 0 Å². The van der Waals surface area contributed by atoms with Gasteiger partial charge in [-0.15, -0.1) is 0 Å². The minimum Gasteiger partial charge on any atom is -0.458 e. The van der Waals surface area contributed by atoms with Gasteiger partial charge in [-0.3, -0.25) is 9.59 Å². The molecule has 2 saturated carbocycles. The molecule has 3 aliphatic carbocycles. The van der Waals surface area contributed by atoms with Gasteiger partial charge in [0, 0.05) is 19.3 Å². The van der Waals surface area contributed by atoms with Gasteiger partial charge in [0.05, 0.1) is 12.0 Å². The fraction of sp³-hybridized carbons (Fsp3) is 0.794. The Hall–Kier alpha value is -1.95. The molecule has 6 heteroatoms. The maximum atomic E-state index is 13.1. The number of carbonyl (C=O) groups is 3. The van der Waals surface area contributed by atoms with Crippen LogP contribution in [0.2, 0.25) is 0 Å². The van der Waals surface area contributed by atoms with Gasteiger partial charge in [-0.25, -0.2) is 0 Å². The third kappa shape index (κ3) is 6.42. The van der Waals surface area contributed by atoms with Gasteiger partial charge in [0.15, 0.2) is 0 Å². The second-order valence-corrected chi connectivity index (χ2v) is 14.3. The molecule has 226 valence electrons. The van der Waals surface area contributed by atoms with Crippen molar-refractivity contribution < 1.29 is 29.0 Å². The summed E-state index contributed by atoms with van der Waals surface area (Å²) in [5.74, 6) is -0.278. The lowest BCUT2D eigenvalue weighted by atomic mass is 9.53. The second kappa shape index (κ2) is 12.5. The summed E-state index contributed by atoms with van der Waals surface area (Å²) in [5.41, 5.74) is 1.25. The Kier molecular flexibility index (Phi) is 10.2. The van der Waals surface area contributed by atoms with Crippen molar-refractivity contribution in [1.29, 1.82) is 0 Å². The Morgan fingerprint density at radius 3 is 2.25 bits per heavy atom. The highest BCUT2D eigenvalue weighted by Crippen LogP contribution is 2.65. The molecule has 0 spiro atoms. The summed E-state index contributed by atoms with van der Waals surface area (Å²) in [6, 6.07) is 0. The van der Waals surface area contributed by atoms with Crippen molar-refractivity contribution in [1.82, 2.24) is 0 Å². The summed E-state index contributed by atoms with van der Waals surface area (Å²) in [5, 5.41) is 10.9. The number of aldehydes is 1. The third-order valence-electron chi connectivity index (χ3n) is 11.2. The van der Waals surface area contributed by atoms with Crippen molar-refractivity contribution in [3.63, 3.8) is 0 Å². The molecular formula is C34H54O6. The Balaban J connectivity index is 2.07. The number of aliphatic hydroxyl groups is 1. The Morgan fingerprint density at radius 2 is 1.68 bits per heavy atom. The second-order valence-electron chi connectivity index (χ2n) is 14.3. The number of hydrogen-bond donors (Lipinski definition) is 1. The van der Waals surface area contributed by atoms with Crippen molar-refractivity contribution >= 4 is 18.2 Å². The molecule has 6 unspecified atom stereocenters. The average molecular weight is 559 g/mol. The van der Waals surface area contributed by atoms with Gasteiger partial charge in [-0.1, -0.05) is 52.2 Å². The van der Waals surface area contributed by atoms with Gasteiger partial charge in [0.2, 0.25) is 0 Å². The predicted molar refractivity (Wildman–Crippen MR) is 157 cm³/mol. The lowest BCUT2D eigenvalue weighted by Gasteiger charge is -2.52. The topological polar surface area (TPSA) is 89.9 Å². The van der Waals surface area contributed by atoms with E-state index in [4.69, 9.17) is 9.47 Å². The molecule has 3 rings (SSSR count). The molecular weight excluding hydrogens is 504 g/mol. The normalized spacial score (nSPS) is 38.4. The van der Waals surface area contributed by atoms with E-state index in [0.717, 1.165) is 68.8 Å². The zero-order valence-electron chi connectivity index (χ0n) is 26.4. The van der Waals surface area contributed by atoms with Crippen LogP contribution < -0.4 is 0 Å². The maximum absolute atomic E-state index is 13.1. The Labute approximate surface area is 242 Å². The van der Waals surface area contributed by atoms with Crippen molar-refractivity contribution in [3.8, 4) is 0 Å². The summed E-state index contributed by atoms with van der Waals surface area (Å²) >= 11 is 0. The first kappa shape index (κ1) is 32.6. The van der Waals surface area contributed by atoms with Gasteiger partial charge in [-0.05, 0) is 99.5 Å². The molecule has 9 atom stereocenters. The summed E-state index contributed by atoms with van der Waals surface area (Å²) < 4.78 is 11.7. The summed E-state index contributed by atoms with van der Waals surface area (Å²) in [6.07, 6.45) is 11.0. The summed E-state index contributed by atoms with van der Waals surface area (Å²) in [7, 11) is 0. The number of aliphatic hydroxyl groups excluding tert-OH is 1. The van der Waals surface area contributed by atoms with E-state index < -0.39 is 29.5 Å². The van der Waals surface area contributed by atoms with Crippen molar-refractivity contribution in [2.75, 3.05) is 0 Å². The van der Waals surface area contributed by atoms with Crippen LogP contribution in [0.15, 0.2) is 23.3 Å². The molecule has 0 amide bonds. The Bertz CT molecular complexity index is 1010. The quantitative estimate of drug-likeness (QED) is 0.206. The third-order valence-corrected chi connectivity index (χ3v) is 11.2. The van der Waals surface area contributed by atoms with Crippen molar-refractivity contribution in [2.45, 2.75) is 132 Å². The van der Waals surface area contributed by atoms with E-state index in [1.165, 1.54) is 13.8 Å². The minimum atomic E-state index is -0.673. The van der Waals surface area contributed by atoms with E-state index in [2.05, 4.69) is 34.6 Å². The lowest BCUT2D eigenvalue weighted by Crippen LogP contribution is -2.50. The van der Waals surface area contributed by atoms with Crippen molar-refractivity contribution in [2.24, 2.45) is 39.9 Å². The maximum Gasteiger partial charge on any atom is 0.303 e. The van der Waals surface area contributed by atoms with Gasteiger partial charge < -0.3 is 19.4 Å². The smallest absolute Gasteiger partial charge is 0.303 e. The van der Waals surface area contributed by atoms with Gasteiger partial charge in [0.25, 0.3) is 0 Å². The molecule has 0 aromatic rings. The first-order valence-electron chi connectivity index (χ1n) is 15.4. The molecule has 0 bridgehead atoms. The van der Waals surface area contributed by atoms with E-state index >= 15 is 0 Å². The molecule has 0 aromatic carbocycles. The first-order chi connectivity index (χ1) is 18.6. The minimum absolute atomic E-state index is 0.169. The van der Waals surface area contributed by atoms with Crippen molar-refractivity contribution in [3.05, 3.63) is 23.3 Å². The number of carbonyl (C=O) groups excluding carboxylic acids is 3. The Morgan fingerprint density at radius 1 is 1.00 bits per heavy atom. The number of hydrogen-bond acceptors (Lipinski definition) is 6. The fourth-order valence-electron chi connectivity index (χ4n) is 8.81.